The number of nitrogens with zero attached hydrogens (tertiary/aromatic N) is 3. The minimum Gasteiger partial charge on any atom is -0.495 e. The molecule has 0 atom stereocenters. The molecule has 0 spiro atoms. The van der Waals surface area contributed by atoms with E-state index < -0.39 is 0 Å². The van der Waals surface area contributed by atoms with Gasteiger partial charge in [0.05, 0.1) is 25.0 Å². The van der Waals surface area contributed by atoms with Crippen LogP contribution < -0.4 is 15.4 Å². The van der Waals surface area contributed by atoms with Gasteiger partial charge in [-0.05, 0) is 42.0 Å². The van der Waals surface area contributed by atoms with Crippen molar-refractivity contribution in [2.75, 3.05) is 30.8 Å². The Hall–Kier alpha value is -3.32. The van der Waals surface area contributed by atoms with Crippen molar-refractivity contribution in [3.63, 3.8) is 0 Å². The third-order valence-electron chi connectivity index (χ3n) is 6.22. The van der Waals surface area contributed by atoms with Crippen LogP contribution in [-0.4, -0.2) is 40.9 Å². The summed E-state index contributed by atoms with van der Waals surface area (Å²) in [5.41, 5.74) is 3.36. The molecule has 0 radical (unpaired) electrons. The molecule has 2 aromatic carbocycles. The van der Waals surface area contributed by atoms with E-state index in [1.165, 1.54) is 11.1 Å². The second-order valence-corrected chi connectivity index (χ2v) is 8.84. The van der Waals surface area contributed by atoms with E-state index in [2.05, 4.69) is 58.7 Å². The predicted octanol–water partition coefficient (Wildman–Crippen LogP) is 5.50. The largest absolute Gasteiger partial charge is 0.495 e. The molecular formula is C26H33N5O2. The maximum Gasteiger partial charge on any atom is 0.324 e. The summed E-state index contributed by atoms with van der Waals surface area (Å²) in [5, 5.41) is 10.3. The first kappa shape index (κ1) is 22.9. The molecule has 2 N–H and O–H groups in total. The number of methoxy groups -OCH3 is 1. The minimum absolute atomic E-state index is 0.265. The molecule has 7 nitrogen and oxygen atoms in total. The van der Waals surface area contributed by atoms with E-state index in [9.17, 15) is 4.79 Å². The Kier molecular flexibility index (Phi) is 7.29. The first-order chi connectivity index (χ1) is 16.0. The molecule has 174 valence electrons. The number of hydrogen-bond acceptors (Lipinski definition) is 4. The predicted molar refractivity (Wildman–Crippen MR) is 132 cm³/mol. The van der Waals surface area contributed by atoms with Gasteiger partial charge in [0.1, 0.15) is 11.6 Å². The van der Waals surface area contributed by atoms with Crippen molar-refractivity contribution in [2.45, 2.75) is 45.2 Å². The highest BCUT2D eigenvalue weighted by Gasteiger charge is 2.23. The van der Waals surface area contributed by atoms with Gasteiger partial charge in [-0.1, -0.05) is 50.2 Å². The molecule has 1 fully saturated rings. The number of carbonyl (C=O) groups is 1. The Morgan fingerprint density at radius 1 is 1.06 bits per heavy atom. The summed E-state index contributed by atoms with van der Waals surface area (Å²) < 4.78 is 7.25. The second-order valence-electron chi connectivity index (χ2n) is 8.84. The topological polar surface area (TPSA) is 71.4 Å². The molecule has 4 rings (SSSR count). The molecule has 1 aliphatic rings. The average Bonchev–Trinajstić information content (AvgIpc) is 3.28. The number of amides is 2. The van der Waals surface area contributed by atoms with Gasteiger partial charge in [-0.25, -0.2) is 9.48 Å². The molecule has 1 aromatic heterocycles. The van der Waals surface area contributed by atoms with Gasteiger partial charge in [-0.15, -0.1) is 0 Å². The Labute approximate surface area is 195 Å². The molecule has 0 bridgehead atoms. The number of likely N-dealkylation sites (tertiary alicyclic amines) is 1. The standard InChI is InChI=1S/C26H33N5O2/c1-19(2)21-10-8-20(9-11-21)18-30-16-13-22(14-17-30)31-25(12-15-27-31)29-26(32)28-23-6-4-5-7-24(23)33-3/h4-12,15,19,22H,13-14,16-18H2,1-3H3,(H2,28,29,32). The zero-order chi connectivity index (χ0) is 23.2. The smallest absolute Gasteiger partial charge is 0.324 e. The number of carbonyl (C=O) groups excluding carboxylic acids is 1. The molecule has 33 heavy (non-hydrogen) atoms. The van der Waals surface area contributed by atoms with E-state index in [-0.39, 0.29) is 12.1 Å². The number of anilines is 2. The van der Waals surface area contributed by atoms with Crippen molar-refractivity contribution in [2.24, 2.45) is 0 Å². The van der Waals surface area contributed by atoms with Gasteiger partial charge in [-0.2, -0.15) is 5.10 Å². The van der Waals surface area contributed by atoms with Crippen LogP contribution in [0.5, 0.6) is 5.75 Å². The Morgan fingerprint density at radius 2 is 1.79 bits per heavy atom. The van der Waals surface area contributed by atoms with Crippen LogP contribution in [-0.2, 0) is 6.54 Å². The number of urea groups is 1. The van der Waals surface area contributed by atoms with Crippen LogP contribution in [0.15, 0.2) is 60.8 Å². The number of ether oxygens (including phenoxy) is 1. The molecule has 1 saturated heterocycles. The summed E-state index contributed by atoms with van der Waals surface area (Å²) in [4.78, 5) is 15.1. The zero-order valence-electron chi connectivity index (χ0n) is 19.6. The molecule has 2 amide bonds. The van der Waals surface area contributed by atoms with Gasteiger partial charge in [0, 0.05) is 25.7 Å². The number of para-hydroxylation sites is 2. The molecule has 1 aliphatic heterocycles. The van der Waals surface area contributed by atoms with Crippen molar-refractivity contribution in [1.29, 1.82) is 0 Å². The summed E-state index contributed by atoms with van der Waals surface area (Å²) in [6.07, 6.45) is 3.73. The van der Waals surface area contributed by atoms with E-state index >= 15 is 0 Å². The quantitative estimate of drug-likeness (QED) is 0.502. The van der Waals surface area contributed by atoms with Crippen LogP contribution in [0.1, 0.15) is 49.8 Å². The zero-order valence-corrected chi connectivity index (χ0v) is 19.6. The van der Waals surface area contributed by atoms with Gasteiger partial charge in [0.2, 0.25) is 0 Å². The Balaban J connectivity index is 1.31. The van der Waals surface area contributed by atoms with Crippen molar-refractivity contribution < 1.29 is 9.53 Å². The molecular weight excluding hydrogens is 414 g/mol. The Morgan fingerprint density at radius 3 is 2.48 bits per heavy atom. The average molecular weight is 448 g/mol. The number of piperidine rings is 1. The van der Waals surface area contributed by atoms with E-state index in [0.717, 1.165) is 32.5 Å². The maximum atomic E-state index is 12.6. The van der Waals surface area contributed by atoms with Crippen LogP contribution in [0.25, 0.3) is 0 Å². The SMILES string of the molecule is COc1ccccc1NC(=O)Nc1ccnn1C1CCN(Cc2ccc(C(C)C)cc2)CC1. The fraction of sp³-hybridized carbons (Fsp3) is 0.385. The number of nitrogens with one attached hydrogen (secondary N) is 2. The highest BCUT2D eigenvalue weighted by atomic mass is 16.5. The number of rotatable bonds is 7. The number of aromatic nitrogens is 2. The first-order valence-corrected chi connectivity index (χ1v) is 11.6. The van der Waals surface area contributed by atoms with E-state index in [4.69, 9.17) is 4.74 Å². The monoisotopic (exact) mass is 447 g/mol. The summed E-state index contributed by atoms with van der Waals surface area (Å²) >= 11 is 0. The molecule has 0 saturated carbocycles. The van der Waals surface area contributed by atoms with Gasteiger partial charge in [0.15, 0.2) is 0 Å². The van der Waals surface area contributed by atoms with Crippen LogP contribution in [0.4, 0.5) is 16.3 Å². The van der Waals surface area contributed by atoms with Crippen LogP contribution in [0.3, 0.4) is 0 Å². The highest BCUT2D eigenvalue weighted by molar-refractivity contribution is 6.00. The summed E-state index contributed by atoms with van der Waals surface area (Å²) in [6, 6.07) is 18.1. The number of benzene rings is 2. The van der Waals surface area contributed by atoms with Crippen LogP contribution >= 0.6 is 0 Å². The van der Waals surface area contributed by atoms with Crippen LogP contribution in [0.2, 0.25) is 0 Å². The van der Waals surface area contributed by atoms with E-state index in [0.29, 0.717) is 23.2 Å². The van der Waals surface area contributed by atoms with Crippen molar-refractivity contribution in [1.82, 2.24) is 14.7 Å². The van der Waals surface area contributed by atoms with Crippen molar-refractivity contribution in [3.8, 4) is 5.75 Å². The van der Waals surface area contributed by atoms with Crippen molar-refractivity contribution >= 4 is 17.5 Å². The molecule has 2 heterocycles. The Bertz CT molecular complexity index is 1050. The maximum absolute atomic E-state index is 12.6. The number of hydrogen-bond donors (Lipinski definition) is 2. The van der Waals surface area contributed by atoms with Gasteiger partial charge in [-0.3, -0.25) is 10.2 Å². The van der Waals surface area contributed by atoms with E-state index in [1.807, 2.05) is 35.0 Å². The summed E-state index contributed by atoms with van der Waals surface area (Å²) in [7, 11) is 1.58. The summed E-state index contributed by atoms with van der Waals surface area (Å²) in [6.45, 7) is 7.42. The van der Waals surface area contributed by atoms with E-state index in [1.54, 1.807) is 13.3 Å². The molecule has 0 aliphatic carbocycles. The van der Waals surface area contributed by atoms with Crippen LogP contribution in [0, 0.1) is 0 Å². The molecule has 7 heteroatoms. The fourth-order valence-corrected chi connectivity index (χ4v) is 4.31. The highest BCUT2D eigenvalue weighted by Crippen LogP contribution is 2.27. The van der Waals surface area contributed by atoms with Gasteiger partial charge < -0.3 is 10.1 Å². The van der Waals surface area contributed by atoms with Crippen molar-refractivity contribution in [3.05, 3.63) is 71.9 Å². The molecule has 3 aromatic rings. The second kappa shape index (κ2) is 10.5. The first-order valence-electron chi connectivity index (χ1n) is 11.6. The lowest BCUT2D eigenvalue weighted by atomic mass is 10.0. The lowest BCUT2D eigenvalue weighted by Crippen LogP contribution is -2.35. The third-order valence-corrected chi connectivity index (χ3v) is 6.22. The third kappa shape index (κ3) is 5.73. The fourth-order valence-electron chi connectivity index (χ4n) is 4.31. The lowest BCUT2D eigenvalue weighted by molar-refractivity contribution is 0.174. The van der Waals surface area contributed by atoms with Gasteiger partial charge in [0.25, 0.3) is 0 Å². The van der Waals surface area contributed by atoms with Gasteiger partial charge >= 0.3 is 6.03 Å². The lowest BCUT2D eigenvalue weighted by Gasteiger charge is -2.32. The minimum atomic E-state index is -0.316. The summed E-state index contributed by atoms with van der Waals surface area (Å²) in [5.74, 6) is 1.88. The normalized spacial score (nSPS) is 14.9. The molecule has 0 unspecified atom stereocenters.